The second kappa shape index (κ2) is 6.35. The molecule has 0 spiro atoms. The molecule has 1 fully saturated rings. The Bertz CT molecular complexity index is 758. The van der Waals surface area contributed by atoms with Crippen molar-refractivity contribution in [2.45, 2.75) is 30.2 Å². The van der Waals surface area contributed by atoms with E-state index in [1.165, 1.54) is 11.8 Å². The molecule has 4 rings (SSSR count). The van der Waals surface area contributed by atoms with Crippen molar-refractivity contribution in [3.63, 3.8) is 0 Å². The molecule has 1 aromatic carbocycles. The van der Waals surface area contributed by atoms with Crippen molar-refractivity contribution in [2.75, 3.05) is 19.9 Å². The molecular formula is C16H17N3O4S. The fourth-order valence-corrected chi connectivity index (χ4v) is 3.57. The van der Waals surface area contributed by atoms with Crippen LogP contribution in [0.5, 0.6) is 11.5 Å². The number of amides is 1. The summed E-state index contributed by atoms with van der Waals surface area (Å²) in [5.41, 5.74) is 0.761. The molecule has 0 radical (unpaired) electrons. The van der Waals surface area contributed by atoms with E-state index in [1.807, 2.05) is 30.0 Å². The molecule has 1 amide bonds. The van der Waals surface area contributed by atoms with Crippen molar-refractivity contribution in [3.05, 3.63) is 18.2 Å². The smallest absolute Gasteiger partial charge is 0.277 e. The van der Waals surface area contributed by atoms with Gasteiger partial charge in [-0.1, -0.05) is 11.8 Å². The number of carbonyl (C=O) groups is 1. The first-order valence-electron chi connectivity index (χ1n) is 7.90. The number of hydrogen-bond donors (Lipinski definition) is 0. The first kappa shape index (κ1) is 15.3. The van der Waals surface area contributed by atoms with Gasteiger partial charge in [0, 0.05) is 18.7 Å². The number of ether oxygens (including phenoxy) is 2. The molecular weight excluding hydrogens is 330 g/mol. The van der Waals surface area contributed by atoms with Gasteiger partial charge in [-0.05, 0) is 38.0 Å². The highest BCUT2D eigenvalue weighted by molar-refractivity contribution is 8.00. The van der Waals surface area contributed by atoms with Gasteiger partial charge in [-0.15, -0.1) is 10.2 Å². The fraction of sp³-hybridized carbons (Fsp3) is 0.438. The van der Waals surface area contributed by atoms with Crippen LogP contribution in [-0.4, -0.2) is 46.1 Å². The lowest BCUT2D eigenvalue weighted by Gasteiger charge is -2.18. The molecule has 3 heterocycles. The molecule has 1 aromatic heterocycles. The van der Waals surface area contributed by atoms with Gasteiger partial charge in [0.1, 0.15) is 0 Å². The first-order valence-corrected chi connectivity index (χ1v) is 8.77. The molecule has 24 heavy (non-hydrogen) atoms. The lowest BCUT2D eigenvalue weighted by Crippen LogP contribution is -2.34. The van der Waals surface area contributed by atoms with E-state index in [4.69, 9.17) is 13.9 Å². The Balaban J connectivity index is 1.45. The Kier molecular flexibility index (Phi) is 4.05. The van der Waals surface area contributed by atoms with Gasteiger partial charge in [0.05, 0.1) is 5.25 Å². The Hall–Kier alpha value is -2.22. The van der Waals surface area contributed by atoms with Crippen LogP contribution >= 0.6 is 11.8 Å². The maximum absolute atomic E-state index is 12.3. The minimum absolute atomic E-state index is 0.125. The van der Waals surface area contributed by atoms with Gasteiger partial charge in [-0.2, -0.15) is 0 Å². The third-order valence-electron chi connectivity index (χ3n) is 4.07. The number of fused-ring (bicyclic) bond motifs is 1. The molecule has 0 saturated carbocycles. The number of thioether (sulfide) groups is 1. The Labute approximate surface area is 143 Å². The van der Waals surface area contributed by atoms with Crippen molar-refractivity contribution in [2.24, 2.45) is 0 Å². The molecule has 2 aliphatic rings. The molecule has 1 atom stereocenters. The summed E-state index contributed by atoms with van der Waals surface area (Å²) in [7, 11) is 0. The zero-order valence-corrected chi connectivity index (χ0v) is 14.0. The van der Waals surface area contributed by atoms with Crippen LogP contribution in [0, 0.1) is 0 Å². The summed E-state index contributed by atoms with van der Waals surface area (Å²) in [5, 5.41) is 8.25. The molecule has 126 valence electrons. The second-order valence-corrected chi connectivity index (χ2v) is 7.03. The highest BCUT2D eigenvalue weighted by Gasteiger charge is 2.26. The number of hydrogen-bond acceptors (Lipinski definition) is 7. The average Bonchev–Trinajstić information content (AvgIpc) is 3.34. The topological polar surface area (TPSA) is 77.7 Å². The number of likely N-dealkylation sites (tertiary alicyclic amines) is 1. The van der Waals surface area contributed by atoms with E-state index in [1.54, 1.807) is 0 Å². The predicted molar refractivity (Wildman–Crippen MR) is 87.0 cm³/mol. The molecule has 0 aliphatic carbocycles. The normalized spacial score (nSPS) is 17.3. The molecule has 2 aliphatic heterocycles. The monoisotopic (exact) mass is 347 g/mol. The second-order valence-electron chi connectivity index (χ2n) is 5.73. The van der Waals surface area contributed by atoms with Gasteiger partial charge < -0.3 is 18.8 Å². The Morgan fingerprint density at radius 2 is 2.00 bits per heavy atom. The maximum atomic E-state index is 12.3. The van der Waals surface area contributed by atoms with Gasteiger partial charge in [0.15, 0.2) is 11.5 Å². The largest absolute Gasteiger partial charge is 0.454 e. The molecule has 0 N–H and O–H groups in total. The highest BCUT2D eigenvalue weighted by Crippen LogP contribution is 2.36. The van der Waals surface area contributed by atoms with Crippen LogP contribution in [0.2, 0.25) is 0 Å². The average molecular weight is 347 g/mol. The van der Waals surface area contributed by atoms with E-state index in [0.29, 0.717) is 22.6 Å². The zero-order chi connectivity index (χ0) is 16.5. The molecule has 8 heteroatoms. The van der Waals surface area contributed by atoms with E-state index < -0.39 is 0 Å². The summed E-state index contributed by atoms with van der Waals surface area (Å²) in [6.07, 6.45) is 2.16. The van der Waals surface area contributed by atoms with Gasteiger partial charge in [-0.3, -0.25) is 4.79 Å². The minimum Gasteiger partial charge on any atom is -0.454 e. The van der Waals surface area contributed by atoms with Crippen LogP contribution in [0.1, 0.15) is 19.8 Å². The molecule has 2 aromatic rings. The van der Waals surface area contributed by atoms with Crippen LogP contribution in [0.4, 0.5) is 0 Å². The zero-order valence-electron chi connectivity index (χ0n) is 13.2. The third-order valence-corrected chi connectivity index (χ3v) is 4.99. The number of carbonyl (C=O) groups excluding carboxylic acids is 1. The van der Waals surface area contributed by atoms with Gasteiger partial charge in [-0.25, -0.2) is 0 Å². The number of benzene rings is 1. The Morgan fingerprint density at radius 3 is 2.83 bits per heavy atom. The number of nitrogens with zero attached hydrogens (tertiary/aromatic N) is 3. The molecule has 7 nitrogen and oxygen atoms in total. The van der Waals surface area contributed by atoms with Gasteiger partial charge in [0.2, 0.25) is 18.6 Å². The van der Waals surface area contributed by atoms with Gasteiger partial charge in [0.25, 0.3) is 5.22 Å². The number of rotatable bonds is 4. The van der Waals surface area contributed by atoms with Crippen LogP contribution in [0.25, 0.3) is 11.5 Å². The quantitative estimate of drug-likeness (QED) is 0.787. The van der Waals surface area contributed by atoms with E-state index in [9.17, 15) is 4.79 Å². The standard InChI is InChI=1S/C16H17N3O4S/c1-10(15(20)19-6-2-3-7-19)24-16-18-17-14(23-16)11-4-5-12-13(8-11)22-9-21-12/h4-5,8,10H,2-3,6-7,9H2,1H3. The van der Waals surface area contributed by atoms with Crippen molar-refractivity contribution < 1.29 is 18.7 Å². The van der Waals surface area contributed by atoms with E-state index >= 15 is 0 Å². The van der Waals surface area contributed by atoms with E-state index in [0.717, 1.165) is 31.5 Å². The van der Waals surface area contributed by atoms with Crippen LogP contribution in [-0.2, 0) is 4.79 Å². The molecule has 1 unspecified atom stereocenters. The third kappa shape index (κ3) is 2.93. The summed E-state index contributed by atoms with van der Waals surface area (Å²) in [5.74, 6) is 1.90. The summed E-state index contributed by atoms with van der Waals surface area (Å²) in [6.45, 7) is 3.78. The minimum atomic E-state index is -0.242. The van der Waals surface area contributed by atoms with Gasteiger partial charge >= 0.3 is 0 Å². The lowest BCUT2D eigenvalue weighted by molar-refractivity contribution is -0.129. The lowest BCUT2D eigenvalue weighted by atomic mass is 10.2. The molecule has 1 saturated heterocycles. The van der Waals surface area contributed by atoms with Crippen LogP contribution in [0.15, 0.2) is 27.8 Å². The molecule has 0 bridgehead atoms. The summed E-state index contributed by atoms with van der Waals surface area (Å²) < 4.78 is 16.3. The van der Waals surface area contributed by atoms with Crippen LogP contribution < -0.4 is 9.47 Å². The van der Waals surface area contributed by atoms with Crippen molar-refractivity contribution in [1.82, 2.24) is 15.1 Å². The van der Waals surface area contributed by atoms with Crippen molar-refractivity contribution >= 4 is 17.7 Å². The summed E-state index contributed by atoms with van der Waals surface area (Å²) >= 11 is 1.29. The summed E-state index contributed by atoms with van der Waals surface area (Å²) in [6, 6.07) is 5.46. The highest BCUT2D eigenvalue weighted by atomic mass is 32.2. The number of aromatic nitrogens is 2. The Morgan fingerprint density at radius 1 is 1.21 bits per heavy atom. The fourth-order valence-electron chi connectivity index (χ4n) is 2.80. The van der Waals surface area contributed by atoms with Crippen LogP contribution in [0.3, 0.4) is 0 Å². The predicted octanol–water partition coefficient (Wildman–Crippen LogP) is 2.57. The van der Waals surface area contributed by atoms with E-state index in [2.05, 4.69) is 10.2 Å². The van der Waals surface area contributed by atoms with E-state index in [-0.39, 0.29) is 18.0 Å². The first-order chi connectivity index (χ1) is 11.7. The maximum Gasteiger partial charge on any atom is 0.277 e. The summed E-state index contributed by atoms with van der Waals surface area (Å²) in [4.78, 5) is 14.2. The SMILES string of the molecule is CC(Sc1nnc(-c2ccc3c(c2)OCO3)o1)C(=O)N1CCCC1. The van der Waals surface area contributed by atoms with Crippen molar-refractivity contribution in [3.8, 4) is 23.0 Å². The van der Waals surface area contributed by atoms with Crippen molar-refractivity contribution in [1.29, 1.82) is 0 Å².